The van der Waals surface area contributed by atoms with Gasteiger partial charge in [-0.25, -0.2) is 4.79 Å². The van der Waals surface area contributed by atoms with Gasteiger partial charge in [0, 0.05) is 5.69 Å². The van der Waals surface area contributed by atoms with Crippen LogP contribution in [-0.4, -0.2) is 32.2 Å². The highest BCUT2D eigenvalue weighted by molar-refractivity contribution is 6.09. The Balaban J connectivity index is 2.01. The van der Waals surface area contributed by atoms with E-state index in [1.807, 2.05) is 13.0 Å². The second-order valence-corrected chi connectivity index (χ2v) is 7.24. The van der Waals surface area contributed by atoms with Crippen LogP contribution in [0.3, 0.4) is 0 Å². The molecular formula is C26H30N2O5. The summed E-state index contributed by atoms with van der Waals surface area (Å²) in [6.45, 7) is 4.88. The fourth-order valence-corrected chi connectivity index (χ4v) is 3.03. The molecule has 2 rings (SSSR count). The lowest BCUT2D eigenvalue weighted by atomic mass is 10.1. The van der Waals surface area contributed by atoms with Crippen LogP contribution in [0.1, 0.15) is 55.5 Å². The van der Waals surface area contributed by atoms with Gasteiger partial charge in [0.1, 0.15) is 11.6 Å². The van der Waals surface area contributed by atoms with Crippen molar-refractivity contribution in [1.29, 1.82) is 5.26 Å². The average Bonchev–Trinajstić information content (AvgIpc) is 2.83. The molecule has 0 fully saturated rings. The Hall–Kier alpha value is -3.79. The number of rotatable bonds is 12. The van der Waals surface area contributed by atoms with E-state index < -0.39 is 11.9 Å². The topological polar surface area (TPSA) is 97.7 Å². The fourth-order valence-electron chi connectivity index (χ4n) is 3.03. The Morgan fingerprint density at radius 1 is 1.03 bits per heavy atom. The maximum Gasteiger partial charge on any atom is 0.338 e. The molecule has 0 saturated heterocycles. The summed E-state index contributed by atoms with van der Waals surface area (Å²) < 4.78 is 16.1. The molecule has 0 unspecified atom stereocenters. The van der Waals surface area contributed by atoms with E-state index in [0.29, 0.717) is 41.5 Å². The molecule has 0 aliphatic rings. The SMILES string of the molecule is CCCCCCOC(=O)c1ccc(NC(=O)/C(C#N)=C/c2ccc(OCC)c(OC)c2)cc1. The number of nitrogens with zero attached hydrogens (tertiary/aromatic N) is 1. The van der Waals surface area contributed by atoms with Crippen molar-refractivity contribution in [3.05, 3.63) is 59.2 Å². The number of ether oxygens (including phenoxy) is 3. The van der Waals surface area contributed by atoms with Gasteiger partial charge < -0.3 is 19.5 Å². The van der Waals surface area contributed by atoms with E-state index in [0.717, 1.165) is 25.7 Å². The molecule has 0 aliphatic carbocycles. The molecule has 0 spiro atoms. The first-order valence-electron chi connectivity index (χ1n) is 11.0. The monoisotopic (exact) mass is 450 g/mol. The average molecular weight is 451 g/mol. The third kappa shape index (κ3) is 8.00. The summed E-state index contributed by atoms with van der Waals surface area (Å²) >= 11 is 0. The number of anilines is 1. The van der Waals surface area contributed by atoms with Crippen LogP contribution in [0.5, 0.6) is 11.5 Å². The van der Waals surface area contributed by atoms with Crippen molar-refractivity contribution in [2.24, 2.45) is 0 Å². The van der Waals surface area contributed by atoms with Gasteiger partial charge in [-0.3, -0.25) is 4.79 Å². The van der Waals surface area contributed by atoms with Gasteiger partial charge in [-0.15, -0.1) is 0 Å². The van der Waals surface area contributed by atoms with E-state index >= 15 is 0 Å². The molecule has 0 bridgehead atoms. The lowest BCUT2D eigenvalue weighted by Crippen LogP contribution is -2.13. The number of amides is 1. The predicted molar refractivity (Wildman–Crippen MR) is 127 cm³/mol. The van der Waals surface area contributed by atoms with Crippen LogP contribution in [0.25, 0.3) is 6.08 Å². The highest BCUT2D eigenvalue weighted by Crippen LogP contribution is 2.29. The van der Waals surface area contributed by atoms with Gasteiger partial charge in [0.2, 0.25) is 0 Å². The van der Waals surface area contributed by atoms with E-state index in [2.05, 4.69) is 12.2 Å². The minimum Gasteiger partial charge on any atom is -0.493 e. The van der Waals surface area contributed by atoms with Crippen molar-refractivity contribution in [3.63, 3.8) is 0 Å². The number of nitriles is 1. The summed E-state index contributed by atoms with van der Waals surface area (Å²) in [5.74, 6) is 0.138. The first-order chi connectivity index (χ1) is 16.0. The number of hydrogen-bond donors (Lipinski definition) is 1. The van der Waals surface area contributed by atoms with Gasteiger partial charge in [-0.05, 0) is 61.4 Å². The molecule has 33 heavy (non-hydrogen) atoms. The van der Waals surface area contributed by atoms with E-state index in [-0.39, 0.29) is 5.57 Å². The van der Waals surface area contributed by atoms with Crippen LogP contribution in [0.4, 0.5) is 5.69 Å². The largest absolute Gasteiger partial charge is 0.493 e. The number of carbonyl (C=O) groups is 2. The van der Waals surface area contributed by atoms with Crippen molar-refractivity contribution in [2.75, 3.05) is 25.6 Å². The zero-order valence-electron chi connectivity index (χ0n) is 19.3. The molecule has 2 aromatic carbocycles. The minimum absolute atomic E-state index is 0.0724. The van der Waals surface area contributed by atoms with E-state index in [1.165, 1.54) is 13.2 Å². The maximum absolute atomic E-state index is 12.6. The van der Waals surface area contributed by atoms with Gasteiger partial charge in [-0.2, -0.15) is 5.26 Å². The number of carbonyl (C=O) groups excluding carboxylic acids is 2. The summed E-state index contributed by atoms with van der Waals surface area (Å²) in [7, 11) is 1.52. The molecule has 0 atom stereocenters. The molecule has 0 aliphatic heterocycles. The van der Waals surface area contributed by atoms with Crippen molar-refractivity contribution < 1.29 is 23.8 Å². The predicted octanol–water partition coefficient (Wildman–Crippen LogP) is 5.38. The Bertz CT molecular complexity index is 1010. The summed E-state index contributed by atoms with van der Waals surface area (Å²) in [4.78, 5) is 24.7. The zero-order valence-corrected chi connectivity index (χ0v) is 19.3. The van der Waals surface area contributed by atoms with Crippen LogP contribution in [0.15, 0.2) is 48.0 Å². The van der Waals surface area contributed by atoms with Crippen molar-refractivity contribution in [3.8, 4) is 17.6 Å². The standard InChI is InChI=1S/C26H30N2O5/c1-4-6-7-8-15-33-26(30)20-10-12-22(13-11-20)28-25(29)21(18-27)16-19-9-14-23(32-5-2)24(17-19)31-3/h9-14,16-17H,4-8,15H2,1-3H3,(H,28,29)/b21-16+. The summed E-state index contributed by atoms with van der Waals surface area (Å²) in [6.07, 6.45) is 5.59. The third-order valence-corrected chi connectivity index (χ3v) is 4.77. The highest BCUT2D eigenvalue weighted by Gasteiger charge is 2.12. The van der Waals surface area contributed by atoms with Gasteiger partial charge in [0.25, 0.3) is 5.91 Å². The Morgan fingerprint density at radius 2 is 1.79 bits per heavy atom. The molecule has 174 valence electrons. The van der Waals surface area contributed by atoms with Gasteiger partial charge in [0.15, 0.2) is 11.5 Å². The van der Waals surface area contributed by atoms with Crippen molar-refractivity contribution >= 4 is 23.6 Å². The van der Waals surface area contributed by atoms with Gasteiger partial charge in [-0.1, -0.05) is 32.3 Å². The van der Waals surface area contributed by atoms with Crippen LogP contribution < -0.4 is 14.8 Å². The molecule has 7 nitrogen and oxygen atoms in total. The number of methoxy groups -OCH3 is 1. The molecule has 0 heterocycles. The second kappa shape index (κ2) is 13.6. The summed E-state index contributed by atoms with van der Waals surface area (Å²) in [5, 5.41) is 12.1. The van der Waals surface area contributed by atoms with E-state index in [4.69, 9.17) is 14.2 Å². The van der Waals surface area contributed by atoms with Crippen LogP contribution in [0, 0.1) is 11.3 Å². The van der Waals surface area contributed by atoms with E-state index in [1.54, 1.807) is 42.5 Å². The number of hydrogen-bond acceptors (Lipinski definition) is 6. The van der Waals surface area contributed by atoms with Crippen LogP contribution in [0.2, 0.25) is 0 Å². The van der Waals surface area contributed by atoms with Crippen molar-refractivity contribution in [2.45, 2.75) is 39.5 Å². The lowest BCUT2D eigenvalue weighted by molar-refractivity contribution is -0.112. The Kier molecular flexibility index (Phi) is 10.5. The smallest absolute Gasteiger partial charge is 0.338 e. The van der Waals surface area contributed by atoms with E-state index in [9.17, 15) is 14.9 Å². The molecule has 7 heteroatoms. The lowest BCUT2D eigenvalue weighted by Gasteiger charge is -2.10. The number of nitrogens with one attached hydrogen (secondary N) is 1. The summed E-state index contributed by atoms with van der Waals surface area (Å²) in [5.41, 5.74) is 1.42. The fraction of sp³-hybridized carbons (Fsp3) is 0.346. The second-order valence-electron chi connectivity index (χ2n) is 7.24. The zero-order chi connectivity index (χ0) is 24.1. The third-order valence-electron chi connectivity index (χ3n) is 4.77. The Labute approximate surface area is 195 Å². The van der Waals surface area contributed by atoms with Gasteiger partial charge in [0.05, 0.1) is 25.9 Å². The van der Waals surface area contributed by atoms with Crippen molar-refractivity contribution in [1.82, 2.24) is 0 Å². The first-order valence-corrected chi connectivity index (χ1v) is 11.0. The minimum atomic E-state index is -0.559. The summed E-state index contributed by atoms with van der Waals surface area (Å²) in [6, 6.07) is 13.4. The molecule has 0 saturated carbocycles. The first kappa shape index (κ1) is 25.5. The molecular weight excluding hydrogens is 420 g/mol. The molecule has 0 aromatic heterocycles. The van der Waals surface area contributed by atoms with Crippen LogP contribution in [-0.2, 0) is 9.53 Å². The molecule has 1 amide bonds. The Morgan fingerprint density at radius 3 is 2.42 bits per heavy atom. The number of esters is 1. The molecule has 1 N–H and O–H groups in total. The number of benzene rings is 2. The van der Waals surface area contributed by atoms with Gasteiger partial charge >= 0.3 is 5.97 Å². The quantitative estimate of drug-likeness (QED) is 0.202. The molecule has 0 radical (unpaired) electrons. The highest BCUT2D eigenvalue weighted by atomic mass is 16.5. The van der Waals surface area contributed by atoms with Crippen LogP contribution >= 0.6 is 0 Å². The molecule has 2 aromatic rings. The number of unbranched alkanes of at least 4 members (excludes halogenated alkanes) is 3. The maximum atomic E-state index is 12.6. The normalized spacial score (nSPS) is 10.8.